The van der Waals surface area contributed by atoms with E-state index in [9.17, 15) is 9.00 Å². The molecule has 1 N–H and O–H groups in total. The molecule has 1 saturated heterocycles. The number of ether oxygens (including phenoxy) is 1. The molecule has 1 amide bonds. The summed E-state index contributed by atoms with van der Waals surface area (Å²) in [5, 5.41) is 2.82. The van der Waals surface area contributed by atoms with Crippen molar-refractivity contribution >= 4 is 16.7 Å². The molecule has 1 fully saturated rings. The Kier molecular flexibility index (Phi) is 4.50. The fraction of sp³-hybridized carbons (Fsp3) is 0.909. The molecule has 1 aliphatic rings. The van der Waals surface area contributed by atoms with Crippen LogP contribution in [0.2, 0.25) is 0 Å². The SMILES string of the molecule is CC1OCCC1S(=O)CC(=O)NC(C)(C)C. The predicted molar refractivity (Wildman–Crippen MR) is 64.7 cm³/mol. The van der Waals surface area contributed by atoms with Crippen molar-refractivity contribution in [3.8, 4) is 0 Å². The van der Waals surface area contributed by atoms with E-state index < -0.39 is 10.8 Å². The number of amides is 1. The first-order valence-electron chi connectivity index (χ1n) is 5.59. The third-order valence-corrected chi connectivity index (χ3v) is 4.27. The first kappa shape index (κ1) is 13.6. The summed E-state index contributed by atoms with van der Waals surface area (Å²) < 4.78 is 17.3. The van der Waals surface area contributed by atoms with Gasteiger partial charge in [-0.25, -0.2) is 0 Å². The Morgan fingerprint density at radius 3 is 2.56 bits per heavy atom. The van der Waals surface area contributed by atoms with E-state index in [2.05, 4.69) is 5.32 Å². The molecule has 0 saturated carbocycles. The van der Waals surface area contributed by atoms with Gasteiger partial charge in [0.15, 0.2) is 0 Å². The van der Waals surface area contributed by atoms with Gasteiger partial charge in [0.2, 0.25) is 5.91 Å². The maximum atomic E-state index is 11.9. The molecule has 0 aromatic heterocycles. The molecule has 0 radical (unpaired) electrons. The second-order valence-corrected chi connectivity index (χ2v) is 6.88. The molecule has 3 unspecified atom stereocenters. The van der Waals surface area contributed by atoms with Gasteiger partial charge in [-0.3, -0.25) is 9.00 Å². The van der Waals surface area contributed by atoms with Gasteiger partial charge >= 0.3 is 0 Å². The maximum absolute atomic E-state index is 11.9. The van der Waals surface area contributed by atoms with Gasteiger partial charge in [0.1, 0.15) is 5.75 Å². The smallest absolute Gasteiger partial charge is 0.233 e. The molecule has 0 spiro atoms. The Labute approximate surface area is 99.6 Å². The molecule has 0 aliphatic carbocycles. The van der Waals surface area contributed by atoms with Crippen LogP contribution in [0.3, 0.4) is 0 Å². The van der Waals surface area contributed by atoms with Gasteiger partial charge in [-0.05, 0) is 34.1 Å². The van der Waals surface area contributed by atoms with Crippen LogP contribution >= 0.6 is 0 Å². The van der Waals surface area contributed by atoms with Gasteiger partial charge in [-0.1, -0.05) is 0 Å². The lowest BCUT2D eigenvalue weighted by Gasteiger charge is -2.21. The van der Waals surface area contributed by atoms with Crippen LogP contribution in [0, 0.1) is 0 Å². The Balaban J connectivity index is 2.42. The second kappa shape index (κ2) is 5.27. The van der Waals surface area contributed by atoms with Crippen LogP contribution in [-0.4, -0.2) is 39.4 Å². The summed E-state index contributed by atoms with van der Waals surface area (Å²) in [7, 11) is -1.13. The van der Waals surface area contributed by atoms with Crippen LogP contribution in [0.1, 0.15) is 34.1 Å². The average molecular weight is 247 g/mol. The summed E-state index contributed by atoms with van der Waals surface area (Å²) in [5.41, 5.74) is -0.265. The zero-order chi connectivity index (χ0) is 12.3. The van der Waals surface area contributed by atoms with Crippen LogP contribution in [-0.2, 0) is 20.3 Å². The number of nitrogens with one attached hydrogen (secondary N) is 1. The summed E-state index contributed by atoms with van der Waals surface area (Å²) in [4.78, 5) is 11.6. The standard InChI is InChI=1S/C11H21NO3S/c1-8-9(5-6-15-8)16(14)7-10(13)12-11(2,3)4/h8-9H,5-7H2,1-4H3,(H,12,13). The van der Waals surface area contributed by atoms with Gasteiger partial charge in [-0.15, -0.1) is 0 Å². The van der Waals surface area contributed by atoms with Crippen LogP contribution in [0.5, 0.6) is 0 Å². The molecule has 94 valence electrons. The molecular weight excluding hydrogens is 226 g/mol. The third-order valence-electron chi connectivity index (χ3n) is 2.43. The largest absolute Gasteiger partial charge is 0.377 e. The van der Waals surface area contributed by atoms with Crippen molar-refractivity contribution in [2.24, 2.45) is 0 Å². The molecule has 5 heteroatoms. The summed E-state index contributed by atoms with van der Waals surface area (Å²) in [6.07, 6.45) is 0.791. The minimum Gasteiger partial charge on any atom is -0.377 e. The van der Waals surface area contributed by atoms with Gasteiger partial charge < -0.3 is 10.1 Å². The van der Waals surface area contributed by atoms with Crippen LogP contribution in [0.4, 0.5) is 0 Å². The van der Waals surface area contributed by atoms with E-state index >= 15 is 0 Å². The second-order valence-electron chi connectivity index (χ2n) is 5.23. The van der Waals surface area contributed by atoms with Crippen LogP contribution in [0.25, 0.3) is 0 Å². The maximum Gasteiger partial charge on any atom is 0.233 e. The molecule has 3 atom stereocenters. The number of rotatable bonds is 3. The van der Waals surface area contributed by atoms with Gasteiger partial charge in [0, 0.05) is 22.9 Å². The van der Waals surface area contributed by atoms with Crippen molar-refractivity contribution in [2.45, 2.75) is 51.0 Å². The average Bonchev–Trinajstić information content (AvgIpc) is 2.47. The Morgan fingerprint density at radius 2 is 2.12 bits per heavy atom. The van der Waals surface area contributed by atoms with Gasteiger partial charge in [-0.2, -0.15) is 0 Å². The van der Waals surface area contributed by atoms with E-state index in [4.69, 9.17) is 4.74 Å². The zero-order valence-corrected chi connectivity index (χ0v) is 11.2. The summed E-state index contributed by atoms with van der Waals surface area (Å²) >= 11 is 0. The third kappa shape index (κ3) is 4.22. The molecule has 16 heavy (non-hydrogen) atoms. The molecule has 1 rings (SSSR count). The van der Waals surface area contributed by atoms with Gasteiger partial charge in [0.25, 0.3) is 0 Å². The first-order valence-corrected chi connectivity index (χ1v) is 6.97. The quantitative estimate of drug-likeness (QED) is 0.803. The molecule has 0 aromatic rings. The van der Waals surface area contributed by atoms with Crippen molar-refractivity contribution in [1.82, 2.24) is 5.32 Å². The predicted octanol–water partition coefficient (Wildman–Crippen LogP) is 0.827. The summed E-state index contributed by atoms with van der Waals surface area (Å²) in [5.74, 6) is -0.0692. The van der Waals surface area contributed by atoms with Crippen molar-refractivity contribution in [3.05, 3.63) is 0 Å². The monoisotopic (exact) mass is 247 g/mol. The highest BCUT2D eigenvalue weighted by Gasteiger charge is 2.31. The fourth-order valence-electron chi connectivity index (χ4n) is 1.75. The van der Waals surface area contributed by atoms with Crippen molar-refractivity contribution in [1.29, 1.82) is 0 Å². The zero-order valence-electron chi connectivity index (χ0n) is 10.4. The van der Waals surface area contributed by atoms with E-state index in [1.807, 2.05) is 27.7 Å². The highest BCUT2D eigenvalue weighted by molar-refractivity contribution is 7.86. The first-order chi connectivity index (χ1) is 7.29. The highest BCUT2D eigenvalue weighted by Crippen LogP contribution is 2.18. The normalized spacial score (nSPS) is 27.8. The van der Waals surface area contributed by atoms with E-state index in [1.165, 1.54) is 0 Å². The van der Waals surface area contributed by atoms with E-state index in [-0.39, 0.29) is 28.6 Å². The fourth-order valence-corrected chi connectivity index (χ4v) is 3.16. The summed E-state index contributed by atoms with van der Waals surface area (Å²) in [6.45, 7) is 8.30. The summed E-state index contributed by atoms with van der Waals surface area (Å²) in [6, 6.07) is 0. The highest BCUT2D eigenvalue weighted by atomic mass is 32.2. The number of carbonyl (C=O) groups is 1. The molecule has 1 heterocycles. The lowest BCUT2D eigenvalue weighted by Crippen LogP contribution is -2.44. The Morgan fingerprint density at radius 1 is 1.50 bits per heavy atom. The van der Waals surface area contributed by atoms with Crippen LogP contribution < -0.4 is 5.32 Å². The van der Waals surface area contributed by atoms with Crippen LogP contribution in [0.15, 0.2) is 0 Å². The topological polar surface area (TPSA) is 55.4 Å². The molecule has 0 aromatic carbocycles. The lowest BCUT2D eigenvalue weighted by atomic mass is 10.1. The molecular formula is C11H21NO3S. The van der Waals surface area contributed by atoms with Crippen molar-refractivity contribution in [3.63, 3.8) is 0 Å². The van der Waals surface area contributed by atoms with Crippen molar-refractivity contribution < 1.29 is 13.7 Å². The molecule has 1 aliphatic heterocycles. The Hall–Kier alpha value is -0.420. The lowest BCUT2D eigenvalue weighted by molar-refractivity contribution is -0.119. The van der Waals surface area contributed by atoms with Crippen molar-refractivity contribution in [2.75, 3.05) is 12.4 Å². The van der Waals surface area contributed by atoms with E-state index in [0.29, 0.717) is 6.61 Å². The van der Waals surface area contributed by atoms with E-state index in [1.54, 1.807) is 0 Å². The van der Waals surface area contributed by atoms with Gasteiger partial charge in [0.05, 0.1) is 11.4 Å². The number of hydrogen-bond acceptors (Lipinski definition) is 3. The Bertz CT molecular complexity index is 285. The van der Waals surface area contributed by atoms with E-state index in [0.717, 1.165) is 6.42 Å². The molecule has 4 nitrogen and oxygen atoms in total. The molecule has 0 bridgehead atoms. The minimum absolute atomic E-state index is 0.00303. The number of carbonyl (C=O) groups excluding carboxylic acids is 1. The number of hydrogen-bond donors (Lipinski definition) is 1. The minimum atomic E-state index is -1.13.